The summed E-state index contributed by atoms with van der Waals surface area (Å²) in [5.41, 5.74) is 5.58. The number of nitrogens with zero attached hydrogens (tertiary/aromatic N) is 1. The highest BCUT2D eigenvalue weighted by molar-refractivity contribution is 5.80. The van der Waals surface area contributed by atoms with Gasteiger partial charge in [-0.25, -0.2) is 0 Å². The topological polar surface area (TPSA) is 58.4 Å². The van der Waals surface area contributed by atoms with Gasteiger partial charge in [0.05, 0.1) is 6.04 Å². The molecule has 0 aromatic carbocycles. The second-order valence-corrected chi connectivity index (χ2v) is 3.68. The molecule has 2 atom stereocenters. The summed E-state index contributed by atoms with van der Waals surface area (Å²) in [6.07, 6.45) is 1.12. The van der Waals surface area contributed by atoms with Crippen molar-refractivity contribution in [3.63, 3.8) is 0 Å². The Hall–Kier alpha value is -0.610. The van der Waals surface area contributed by atoms with Crippen molar-refractivity contribution >= 4 is 5.91 Å². The quantitative estimate of drug-likeness (QED) is 0.617. The lowest BCUT2D eigenvalue weighted by Gasteiger charge is -2.22. The zero-order valence-corrected chi connectivity index (χ0v) is 8.42. The van der Waals surface area contributed by atoms with Crippen molar-refractivity contribution < 1.29 is 4.79 Å². The lowest BCUT2D eigenvalue weighted by atomic mass is 10.1. The summed E-state index contributed by atoms with van der Waals surface area (Å²) in [6.45, 7) is 4.64. The van der Waals surface area contributed by atoms with Crippen LogP contribution < -0.4 is 11.1 Å². The summed E-state index contributed by atoms with van der Waals surface area (Å²) < 4.78 is 0. The Kier molecular flexibility index (Phi) is 3.69. The van der Waals surface area contributed by atoms with E-state index in [0.29, 0.717) is 5.92 Å². The Bertz CT molecular complexity index is 184. The van der Waals surface area contributed by atoms with E-state index in [1.165, 1.54) is 0 Å². The molecule has 0 spiro atoms. The Morgan fingerprint density at radius 3 is 2.92 bits per heavy atom. The van der Waals surface area contributed by atoms with E-state index in [1.54, 1.807) is 7.05 Å². The lowest BCUT2D eigenvalue weighted by molar-refractivity contribution is -0.125. The molecular weight excluding hydrogens is 166 g/mol. The van der Waals surface area contributed by atoms with Gasteiger partial charge in [-0.1, -0.05) is 0 Å². The molecule has 3 N–H and O–H groups in total. The van der Waals surface area contributed by atoms with E-state index in [2.05, 4.69) is 10.2 Å². The van der Waals surface area contributed by atoms with Crippen LogP contribution in [0.25, 0.3) is 0 Å². The predicted molar refractivity (Wildman–Crippen MR) is 52.3 cm³/mol. The van der Waals surface area contributed by atoms with E-state index in [0.717, 1.165) is 26.1 Å². The maximum atomic E-state index is 11.3. The van der Waals surface area contributed by atoms with Crippen molar-refractivity contribution in [1.82, 2.24) is 10.2 Å². The van der Waals surface area contributed by atoms with E-state index in [9.17, 15) is 4.79 Å². The summed E-state index contributed by atoms with van der Waals surface area (Å²) in [7, 11) is 1.68. The van der Waals surface area contributed by atoms with Gasteiger partial charge < -0.3 is 11.1 Å². The van der Waals surface area contributed by atoms with Gasteiger partial charge in [0.25, 0.3) is 0 Å². The first kappa shape index (κ1) is 10.5. The van der Waals surface area contributed by atoms with Crippen LogP contribution in [0.4, 0.5) is 0 Å². The molecule has 13 heavy (non-hydrogen) atoms. The maximum absolute atomic E-state index is 11.3. The van der Waals surface area contributed by atoms with Crippen molar-refractivity contribution in [3.8, 4) is 0 Å². The average Bonchev–Trinajstić information content (AvgIpc) is 2.63. The predicted octanol–water partition coefficient (Wildman–Crippen LogP) is -0.598. The number of likely N-dealkylation sites (tertiary alicyclic amines) is 1. The van der Waals surface area contributed by atoms with E-state index < -0.39 is 0 Å². The van der Waals surface area contributed by atoms with Gasteiger partial charge in [-0.15, -0.1) is 0 Å². The van der Waals surface area contributed by atoms with Crippen LogP contribution in [0, 0.1) is 5.92 Å². The monoisotopic (exact) mass is 185 g/mol. The molecule has 2 unspecified atom stereocenters. The standard InChI is InChI=1S/C9H19N3O/c1-7(9(13)11-2)12-4-3-8(5-10)6-12/h7-8H,3-6,10H2,1-2H3,(H,11,13). The highest BCUT2D eigenvalue weighted by Gasteiger charge is 2.27. The van der Waals surface area contributed by atoms with E-state index in [1.807, 2.05) is 6.92 Å². The first-order chi connectivity index (χ1) is 6.19. The van der Waals surface area contributed by atoms with Crippen molar-refractivity contribution in [1.29, 1.82) is 0 Å². The van der Waals surface area contributed by atoms with Crippen LogP contribution in [0.1, 0.15) is 13.3 Å². The van der Waals surface area contributed by atoms with Gasteiger partial charge in [-0.2, -0.15) is 0 Å². The van der Waals surface area contributed by atoms with Gasteiger partial charge in [0.15, 0.2) is 0 Å². The van der Waals surface area contributed by atoms with Crippen LogP contribution in [0.2, 0.25) is 0 Å². The number of amides is 1. The van der Waals surface area contributed by atoms with Crippen molar-refractivity contribution in [2.24, 2.45) is 11.7 Å². The Morgan fingerprint density at radius 2 is 2.46 bits per heavy atom. The zero-order chi connectivity index (χ0) is 9.84. The Morgan fingerprint density at radius 1 is 1.77 bits per heavy atom. The molecule has 1 fully saturated rings. The van der Waals surface area contributed by atoms with Crippen LogP contribution in [-0.2, 0) is 4.79 Å². The number of hydrogen-bond acceptors (Lipinski definition) is 3. The number of carbonyl (C=O) groups excluding carboxylic acids is 1. The molecule has 4 nitrogen and oxygen atoms in total. The Balaban J connectivity index is 2.41. The van der Waals surface area contributed by atoms with Gasteiger partial charge >= 0.3 is 0 Å². The lowest BCUT2D eigenvalue weighted by Crippen LogP contribution is -2.43. The number of rotatable bonds is 3. The molecule has 1 rings (SSSR count). The number of likely N-dealkylation sites (N-methyl/N-ethyl adjacent to an activating group) is 1. The van der Waals surface area contributed by atoms with E-state index >= 15 is 0 Å². The molecular formula is C9H19N3O. The van der Waals surface area contributed by atoms with Gasteiger partial charge in [0, 0.05) is 13.6 Å². The molecule has 4 heteroatoms. The maximum Gasteiger partial charge on any atom is 0.236 e. The summed E-state index contributed by atoms with van der Waals surface area (Å²) in [4.78, 5) is 13.5. The molecule has 0 saturated carbocycles. The molecule has 0 aromatic rings. The first-order valence-electron chi connectivity index (χ1n) is 4.84. The van der Waals surface area contributed by atoms with E-state index in [-0.39, 0.29) is 11.9 Å². The minimum atomic E-state index is -0.0125. The highest BCUT2D eigenvalue weighted by Crippen LogP contribution is 2.17. The molecule has 1 amide bonds. The smallest absolute Gasteiger partial charge is 0.236 e. The summed E-state index contributed by atoms with van der Waals surface area (Å²) in [5.74, 6) is 0.671. The molecule has 0 aromatic heterocycles. The van der Waals surface area contributed by atoms with Crippen molar-refractivity contribution in [3.05, 3.63) is 0 Å². The van der Waals surface area contributed by atoms with Gasteiger partial charge in [0.1, 0.15) is 0 Å². The third-order valence-electron chi connectivity index (χ3n) is 2.82. The molecule has 0 bridgehead atoms. The normalized spacial score (nSPS) is 25.9. The minimum Gasteiger partial charge on any atom is -0.358 e. The van der Waals surface area contributed by atoms with Crippen LogP contribution in [0.5, 0.6) is 0 Å². The van der Waals surface area contributed by atoms with E-state index in [4.69, 9.17) is 5.73 Å². The van der Waals surface area contributed by atoms with Gasteiger partial charge in [-0.05, 0) is 32.4 Å². The summed E-state index contributed by atoms with van der Waals surface area (Å²) >= 11 is 0. The largest absolute Gasteiger partial charge is 0.358 e. The fraction of sp³-hybridized carbons (Fsp3) is 0.889. The van der Waals surface area contributed by atoms with Gasteiger partial charge in [-0.3, -0.25) is 9.69 Å². The van der Waals surface area contributed by atoms with Crippen molar-refractivity contribution in [2.75, 3.05) is 26.7 Å². The molecule has 0 aliphatic carbocycles. The molecule has 1 saturated heterocycles. The fourth-order valence-corrected chi connectivity index (χ4v) is 1.78. The van der Waals surface area contributed by atoms with Crippen LogP contribution >= 0.6 is 0 Å². The first-order valence-corrected chi connectivity index (χ1v) is 4.84. The second kappa shape index (κ2) is 4.58. The summed E-state index contributed by atoms with van der Waals surface area (Å²) in [6, 6.07) is -0.0125. The fourth-order valence-electron chi connectivity index (χ4n) is 1.78. The van der Waals surface area contributed by atoms with Crippen LogP contribution in [-0.4, -0.2) is 43.5 Å². The Labute approximate surface area is 79.5 Å². The molecule has 1 heterocycles. The van der Waals surface area contributed by atoms with Crippen molar-refractivity contribution in [2.45, 2.75) is 19.4 Å². The SMILES string of the molecule is CNC(=O)C(C)N1CCC(CN)C1. The molecule has 0 radical (unpaired) electrons. The average molecular weight is 185 g/mol. The number of carbonyl (C=O) groups is 1. The number of nitrogens with two attached hydrogens (primary N) is 1. The number of hydrogen-bond donors (Lipinski definition) is 2. The number of nitrogens with one attached hydrogen (secondary N) is 1. The van der Waals surface area contributed by atoms with Gasteiger partial charge in [0.2, 0.25) is 5.91 Å². The third-order valence-corrected chi connectivity index (χ3v) is 2.82. The zero-order valence-electron chi connectivity index (χ0n) is 8.42. The highest BCUT2D eigenvalue weighted by atomic mass is 16.2. The van der Waals surface area contributed by atoms with Crippen LogP contribution in [0.15, 0.2) is 0 Å². The molecule has 76 valence electrons. The molecule has 1 aliphatic rings. The van der Waals surface area contributed by atoms with Crippen LogP contribution in [0.3, 0.4) is 0 Å². The summed E-state index contributed by atoms with van der Waals surface area (Å²) in [5, 5.41) is 2.66. The molecule has 1 aliphatic heterocycles. The minimum absolute atomic E-state index is 0.0125. The second-order valence-electron chi connectivity index (χ2n) is 3.68. The third kappa shape index (κ3) is 2.42.